The van der Waals surface area contributed by atoms with Gasteiger partial charge in [-0.2, -0.15) is 5.26 Å². The topological polar surface area (TPSA) is 74.7 Å². The number of thiazole rings is 1. The van der Waals surface area contributed by atoms with Crippen molar-refractivity contribution in [1.29, 1.82) is 5.26 Å². The molecular formula is C8H9ClN4S. The molecule has 6 heteroatoms. The number of anilines is 1. The number of hydrogen-bond acceptors (Lipinski definition) is 5. The van der Waals surface area contributed by atoms with Gasteiger partial charge in [-0.05, 0) is 0 Å². The summed E-state index contributed by atoms with van der Waals surface area (Å²) in [7, 11) is 0. The summed E-state index contributed by atoms with van der Waals surface area (Å²) in [6.07, 6.45) is 3.73. The molecule has 0 unspecified atom stereocenters. The van der Waals surface area contributed by atoms with E-state index < -0.39 is 0 Å². The third-order valence-electron chi connectivity index (χ3n) is 1.36. The lowest BCUT2D eigenvalue weighted by Crippen LogP contribution is -1.99. The van der Waals surface area contributed by atoms with Crippen LogP contribution in [-0.4, -0.2) is 18.1 Å². The minimum absolute atomic E-state index is 0.253. The van der Waals surface area contributed by atoms with Crippen molar-refractivity contribution in [3.63, 3.8) is 0 Å². The smallest absolute Gasteiger partial charge is 0.185 e. The molecule has 0 amide bonds. The van der Waals surface area contributed by atoms with Gasteiger partial charge in [-0.25, -0.2) is 4.98 Å². The van der Waals surface area contributed by atoms with Crippen LogP contribution in [0.5, 0.6) is 0 Å². The van der Waals surface area contributed by atoms with Crippen molar-refractivity contribution in [3.05, 3.63) is 22.2 Å². The van der Waals surface area contributed by atoms with Crippen LogP contribution in [0.4, 0.5) is 5.13 Å². The molecule has 0 bridgehead atoms. The first-order valence-electron chi connectivity index (χ1n) is 3.93. The van der Waals surface area contributed by atoms with Gasteiger partial charge in [-0.15, -0.1) is 0 Å². The molecule has 0 atom stereocenters. The Morgan fingerprint density at radius 1 is 1.64 bits per heavy atom. The molecule has 0 aliphatic rings. The number of nitrogens with zero attached hydrogens (tertiary/aromatic N) is 2. The molecule has 4 nitrogen and oxygen atoms in total. The second kappa shape index (κ2) is 5.60. The summed E-state index contributed by atoms with van der Waals surface area (Å²) >= 11 is 6.92. The molecule has 0 saturated heterocycles. The molecule has 0 saturated carbocycles. The quantitative estimate of drug-likeness (QED) is 0.768. The zero-order chi connectivity index (χ0) is 10.4. The van der Waals surface area contributed by atoms with E-state index in [-0.39, 0.29) is 5.15 Å². The molecule has 1 heterocycles. The highest BCUT2D eigenvalue weighted by atomic mass is 35.5. The van der Waals surface area contributed by atoms with Crippen LogP contribution in [0.2, 0.25) is 5.15 Å². The molecule has 1 aromatic heterocycles. The van der Waals surface area contributed by atoms with Gasteiger partial charge in [0, 0.05) is 13.1 Å². The summed E-state index contributed by atoms with van der Waals surface area (Å²) in [5.74, 6) is 0. The van der Waals surface area contributed by atoms with Crippen LogP contribution in [0.1, 0.15) is 4.88 Å². The van der Waals surface area contributed by atoms with Crippen LogP contribution in [0.25, 0.3) is 0 Å². The fourth-order valence-corrected chi connectivity index (χ4v) is 1.73. The standard InChI is InChI=1S/C8H9ClN4S/c9-7-6(5-11)14-8(13-7)12-4-2-1-3-10/h1-2H,3-4,10H2,(H,12,13)/b2-1+. The zero-order valence-electron chi connectivity index (χ0n) is 7.33. The van der Waals surface area contributed by atoms with E-state index in [0.717, 1.165) is 0 Å². The molecule has 0 fully saturated rings. The summed E-state index contributed by atoms with van der Waals surface area (Å²) in [4.78, 5) is 4.39. The predicted octanol–water partition coefficient (Wildman–Crippen LogP) is 1.59. The molecule has 1 aromatic rings. The third-order valence-corrected chi connectivity index (χ3v) is 2.66. The Hall–Kier alpha value is -1.09. The fourth-order valence-electron chi connectivity index (χ4n) is 0.772. The Morgan fingerprint density at radius 2 is 2.43 bits per heavy atom. The number of nitriles is 1. The van der Waals surface area contributed by atoms with Crippen LogP contribution in [0.15, 0.2) is 12.2 Å². The maximum absolute atomic E-state index is 8.62. The number of rotatable bonds is 4. The molecule has 3 N–H and O–H groups in total. The van der Waals surface area contributed by atoms with E-state index in [4.69, 9.17) is 22.6 Å². The van der Waals surface area contributed by atoms with Gasteiger partial charge in [0.1, 0.15) is 10.9 Å². The van der Waals surface area contributed by atoms with Gasteiger partial charge in [0.15, 0.2) is 10.3 Å². The molecule has 0 aliphatic heterocycles. The Bertz CT molecular complexity index is 366. The van der Waals surface area contributed by atoms with Gasteiger partial charge in [-0.1, -0.05) is 35.1 Å². The maximum atomic E-state index is 8.62. The summed E-state index contributed by atoms with van der Waals surface area (Å²) in [6, 6.07) is 1.96. The number of nitrogens with one attached hydrogen (secondary N) is 1. The van der Waals surface area contributed by atoms with Gasteiger partial charge < -0.3 is 11.1 Å². The monoisotopic (exact) mass is 228 g/mol. The van der Waals surface area contributed by atoms with E-state index in [2.05, 4.69) is 10.3 Å². The third kappa shape index (κ3) is 3.00. The average molecular weight is 229 g/mol. The van der Waals surface area contributed by atoms with E-state index in [1.165, 1.54) is 11.3 Å². The van der Waals surface area contributed by atoms with E-state index >= 15 is 0 Å². The van der Waals surface area contributed by atoms with Crippen LogP contribution in [-0.2, 0) is 0 Å². The van der Waals surface area contributed by atoms with Crippen molar-refractivity contribution in [2.75, 3.05) is 18.4 Å². The summed E-state index contributed by atoms with van der Waals surface area (Å²) < 4.78 is 0. The fraction of sp³-hybridized carbons (Fsp3) is 0.250. The predicted molar refractivity (Wildman–Crippen MR) is 58.5 cm³/mol. The first-order chi connectivity index (χ1) is 6.77. The lowest BCUT2D eigenvalue weighted by Gasteiger charge is -1.94. The largest absolute Gasteiger partial charge is 0.358 e. The van der Waals surface area contributed by atoms with Crippen LogP contribution in [0, 0.1) is 11.3 Å². The van der Waals surface area contributed by atoms with Crippen LogP contribution >= 0.6 is 22.9 Å². The average Bonchev–Trinajstić information content (AvgIpc) is 2.54. The molecule has 0 aliphatic carbocycles. The Kier molecular flexibility index (Phi) is 4.40. The first-order valence-corrected chi connectivity index (χ1v) is 5.12. The second-order valence-corrected chi connectivity index (χ2v) is 3.70. The molecule has 0 spiro atoms. The second-order valence-electron chi connectivity index (χ2n) is 2.34. The number of hydrogen-bond donors (Lipinski definition) is 2. The molecule has 0 aromatic carbocycles. The lowest BCUT2D eigenvalue weighted by atomic mass is 10.5. The Labute approximate surface area is 91.0 Å². The van der Waals surface area contributed by atoms with Crippen molar-refractivity contribution in [3.8, 4) is 6.07 Å². The minimum Gasteiger partial charge on any atom is -0.358 e. The highest BCUT2D eigenvalue weighted by Crippen LogP contribution is 2.25. The highest BCUT2D eigenvalue weighted by Gasteiger charge is 2.06. The first kappa shape index (κ1) is 11.0. The van der Waals surface area contributed by atoms with Crippen molar-refractivity contribution in [1.82, 2.24) is 4.98 Å². The minimum atomic E-state index is 0.253. The zero-order valence-corrected chi connectivity index (χ0v) is 8.90. The van der Waals surface area contributed by atoms with Crippen LogP contribution < -0.4 is 11.1 Å². The van der Waals surface area contributed by atoms with Gasteiger partial charge in [0.25, 0.3) is 0 Å². The van der Waals surface area contributed by atoms with Gasteiger partial charge in [0.2, 0.25) is 0 Å². The Balaban J connectivity index is 2.52. The summed E-state index contributed by atoms with van der Waals surface area (Å²) in [6.45, 7) is 1.15. The SMILES string of the molecule is N#Cc1sc(NC/C=C/CN)nc1Cl. The van der Waals surface area contributed by atoms with Crippen LogP contribution in [0.3, 0.4) is 0 Å². The molecule has 14 heavy (non-hydrogen) atoms. The maximum Gasteiger partial charge on any atom is 0.185 e. The van der Waals surface area contributed by atoms with Crippen molar-refractivity contribution < 1.29 is 0 Å². The van der Waals surface area contributed by atoms with Crippen molar-refractivity contribution >= 4 is 28.1 Å². The van der Waals surface area contributed by atoms with E-state index in [1.54, 1.807) is 0 Å². The van der Waals surface area contributed by atoms with Crippen molar-refractivity contribution in [2.45, 2.75) is 0 Å². The Morgan fingerprint density at radius 3 is 3.00 bits per heavy atom. The highest BCUT2D eigenvalue weighted by molar-refractivity contribution is 7.16. The van der Waals surface area contributed by atoms with Crippen molar-refractivity contribution in [2.24, 2.45) is 5.73 Å². The molecule has 74 valence electrons. The summed E-state index contributed by atoms with van der Waals surface area (Å²) in [5.41, 5.74) is 5.27. The van der Waals surface area contributed by atoms with Gasteiger partial charge >= 0.3 is 0 Å². The molecular weight excluding hydrogens is 220 g/mol. The van der Waals surface area contributed by atoms with E-state index in [0.29, 0.717) is 23.1 Å². The number of halogens is 1. The normalized spacial score (nSPS) is 10.4. The van der Waals surface area contributed by atoms with E-state index in [9.17, 15) is 0 Å². The van der Waals surface area contributed by atoms with Gasteiger partial charge in [-0.3, -0.25) is 0 Å². The molecule has 0 radical (unpaired) electrons. The molecule has 1 rings (SSSR count). The summed E-state index contributed by atoms with van der Waals surface area (Å²) in [5, 5.41) is 12.5. The number of nitrogens with two attached hydrogens (primary N) is 1. The lowest BCUT2D eigenvalue weighted by molar-refractivity contribution is 1.22. The van der Waals surface area contributed by atoms with Gasteiger partial charge in [0.05, 0.1) is 0 Å². The van der Waals surface area contributed by atoms with E-state index in [1.807, 2.05) is 18.2 Å². The number of aromatic nitrogens is 1.